The van der Waals surface area contributed by atoms with E-state index in [4.69, 9.17) is 9.66 Å². The molecular weight excluding hydrogens is 348 g/mol. The monoisotopic (exact) mass is 362 g/mol. The Hall–Kier alpha value is -2.75. The number of carbonyl (C=O) groups is 2. The van der Waals surface area contributed by atoms with Crippen LogP contribution in [0.3, 0.4) is 0 Å². The van der Waals surface area contributed by atoms with Gasteiger partial charge in [0.05, 0.1) is 18.0 Å². The molecule has 3 N–H and O–H groups in total. The molecule has 130 valence electrons. The van der Waals surface area contributed by atoms with E-state index < -0.39 is 21.9 Å². The molecule has 0 aromatic heterocycles. The first-order chi connectivity index (χ1) is 11.8. The van der Waals surface area contributed by atoms with Gasteiger partial charge in [0.1, 0.15) is 5.70 Å². The summed E-state index contributed by atoms with van der Waals surface area (Å²) in [6.45, 7) is -0.389. The summed E-state index contributed by atoms with van der Waals surface area (Å²) in [4.78, 5) is 24.5. The van der Waals surface area contributed by atoms with Crippen LogP contribution in [0.1, 0.15) is 0 Å². The maximum Gasteiger partial charge on any atom is 0.294 e. The van der Waals surface area contributed by atoms with Gasteiger partial charge in [-0.3, -0.25) is 19.0 Å². The Kier molecular flexibility index (Phi) is 4.29. The van der Waals surface area contributed by atoms with Gasteiger partial charge in [0.25, 0.3) is 21.9 Å². The van der Waals surface area contributed by atoms with Crippen LogP contribution in [0.4, 0.5) is 5.69 Å². The van der Waals surface area contributed by atoms with Gasteiger partial charge in [0.2, 0.25) is 0 Å². The van der Waals surface area contributed by atoms with E-state index in [2.05, 4.69) is 5.32 Å². The largest absolute Gasteiger partial charge is 0.395 e. The average molecular weight is 362 g/mol. The summed E-state index contributed by atoms with van der Waals surface area (Å²) in [7, 11) is -4.28. The Morgan fingerprint density at radius 1 is 1.04 bits per heavy atom. The van der Waals surface area contributed by atoms with E-state index in [0.29, 0.717) is 16.5 Å². The molecule has 0 radical (unpaired) electrons. The van der Waals surface area contributed by atoms with E-state index >= 15 is 0 Å². The fourth-order valence-electron chi connectivity index (χ4n) is 2.53. The van der Waals surface area contributed by atoms with Gasteiger partial charge in [-0.15, -0.1) is 0 Å². The highest BCUT2D eigenvalue weighted by Crippen LogP contribution is 2.24. The van der Waals surface area contributed by atoms with Crippen LogP contribution in [0.5, 0.6) is 0 Å². The smallest absolute Gasteiger partial charge is 0.294 e. The number of β-amino-alcohol motifs (C(OH)–C–C–N with tert-alkyl or cyclic N) is 1. The van der Waals surface area contributed by atoms with Crippen molar-refractivity contribution in [2.24, 2.45) is 0 Å². The number of carbonyl (C=O) groups excluding carboxylic acids is 2. The molecule has 0 bridgehead atoms. The Balaban J connectivity index is 1.87. The first kappa shape index (κ1) is 17.1. The fourth-order valence-corrected chi connectivity index (χ4v) is 3.04. The second kappa shape index (κ2) is 6.28. The van der Waals surface area contributed by atoms with Gasteiger partial charge in [0.15, 0.2) is 0 Å². The van der Waals surface area contributed by atoms with Crippen LogP contribution >= 0.6 is 0 Å². The lowest BCUT2D eigenvalue weighted by atomic mass is 10.1. The third-order valence-corrected chi connectivity index (χ3v) is 4.57. The van der Waals surface area contributed by atoms with Crippen molar-refractivity contribution in [2.75, 3.05) is 18.5 Å². The van der Waals surface area contributed by atoms with Crippen LogP contribution < -0.4 is 5.32 Å². The second-order valence-corrected chi connectivity index (χ2v) is 6.82. The predicted octanol–water partition coefficient (Wildman–Crippen LogP) is 0.743. The number of aliphatic hydroxyl groups is 1. The quantitative estimate of drug-likeness (QED) is 0.529. The number of aliphatic hydroxyl groups excluding tert-OH is 1. The maximum absolute atomic E-state index is 12.1. The first-order valence-corrected chi connectivity index (χ1v) is 8.70. The van der Waals surface area contributed by atoms with E-state index in [1.165, 1.54) is 18.2 Å². The Labute approximate surface area is 143 Å². The van der Waals surface area contributed by atoms with Crippen LogP contribution in [0.2, 0.25) is 0 Å². The summed E-state index contributed by atoms with van der Waals surface area (Å²) in [5.41, 5.74) is 0.623. The lowest BCUT2D eigenvalue weighted by Crippen LogP contribution is -2.34. The molecule has 0 atom stereocenters. The molecule has 2 amide bonds. The summed E-state index contributed by atoms with van der Waals surface area (Å²) in [6.07, 6.45) is 1.16. The molecule has 1 aliphatic heterocycles. The Bertz CT molecular complexity index is 1010. The van der Waals surface area contributed by atoms with Crippen molar-refractivity contribution < 1.29 is 27.7 Å². The number of fused-ring (bicyclic) bond motifs is 1. The Morgan fingerprint density at radius 2 is 1.72 bits per heavy atom. The SMILES string of the molecule is O=C1C=C(Nc2ccc3cc(S(=O)(=O)O)ccc3c2)C(=O)N1CCO. The zero-order valence-corrected chi connectivity index (χ0v) is 13.7. The lowest BCUT2D eigenvalue weighted by Gasteiger charge is -2.13. The third kappa shape index (κ3) is 3.38. The molecule has 0 saturated carbocycles. The third-order valence-electron chi connectivity index (χ3n) is 3.72. The summed E-state index contributed by atoms with van der Waals surface area (Å²) < 4.78 is 31.4. The minimum absolute atomic E-state index is 0.0739. The highest BCUT2D eigenvalue weighted by Gasteiger charge is 2.30. The molecule has 0 aliphatic carbocycles. The minimum atomic E-state index is -4.28. The number of nitrogens with zero attached hydrogens (tertiary/aromatic N) is 1. The summed E-state index contributed by atoms with van der Waals surface area (Å²) in [6, 6.07) is 9.05. The number of anilines is 1. The molecular formula is C16H14N2O6S. The van der Waals surface area contributed by atoms with E-state index in [1.54, 1.807) is 18.2 Å². The highest BCUT2D eigenvalue weighted by atomic mass is 32.2. The topological polar surface area (TPSA) is 124 Å². The molecule has 3 rings (SSSR count). The molecule has 1 heterocycles. The summed E-state index contributed by atoms with van der Waals surface area (Å²) in [5.74, 6) is -1.03. The predicted molar refractivity (Wildman–Crippen MR) is 89.3 cm³/mol. The van der Waals surface area contributed by atoms with Gasteiger partial charge >= 0.3 is 0 Å². The van der Waals surface area contributed by atoms with Crippen LogP contribution in [0.15, 0.2) is 53.1 Å². The Morgan fingerprint density at radius 3 is 2.40 bits per heavy atom. The zero-order chi connectivity index (χ0) is 18.2. The van der Waals surface area contributed by atoms with Gasteiger partial charge in [-0.05, 0) is 35.0 Å². The van der Waals surface area contributed by atoms with E-state index in [9.17, 15) is 18.0 Å². The molecule has 2 aromatic rings. The van der Waals surface area contributed by atoms with Gasteiger partial charge < -0.3 is 10.4 Å². The normalized spacial score (nSPS) is 15.0. The van der Waals surface area contributed by atoms with Crippen LogP contribution in [-0.2, 0) is 19.7 Å². The van der Waals surface area contributed by atoms with Crippen molar-refractivity contribution in [1.82, 2.24) is 4.90 Å². The van der Waals surface area contributed by atoms with Crippen molar-refractivity contribution in [1.29, 1.82) is 0 Å². The van der Waals surface area contributed by atoms with Crippen LogP contribution in [0.25, 0.3) is 10.8 Å². The van der Waals surface area contributed by atoms with E-state index in [1.807, 2.05) is 0 Å². The number of benzene rings is 2. The molecule has 0 fully saturated rings. The number of nitrogens with one attached hydrogen (secondary N) is 1. The van der Waals surface area contributed by atoms with Gasteiger partial charge in [-0.2, -0.15) is 8.42 Å². The number of rotatable bonds is 5. The lowest BCUT2D eigenvalue weighted by molar-refractivity contribution is -0.137. The first-order valence-electron chi connectivity index (χ1n) is 7.26. The molecule has 0 unspecified atom stereocenters. The van der Waals surface area contributed by atoms with Crippen molar-refractivity contribution >= 4 is 38.4 Å². The van der Waals surface area contributed by atoms with Crippen molar-refractivity contribution in [3.63, 3.8) is 0 Å². The highest BCUT2D eigenvalue weighted by molar-refractivity contribution is 7.85. The standard InChI is InChI=1S/C16H14N2O6S/c19-6-5-18-15(20)9-14(16(18)21)17-12-3-1-11-8-13(25(22,23)24)4-2-10(11)7-12/h1-4,7-9,17,19H,5-6H2,(H,22,23,24). The summed E-state index contributed by atoms with van der Waals surface area (Å²) in [5, 5.41) is 13.0. The molecule has 2 aromatic carbocycles. The molecule has 8 nitrogen and oxygen atoms in total. The zero-order valence-electron chi connectivity index (χ0n) is 12.8. The van der Waals surface area contributed by atoms with Crippen molar-refractivity contribution in [2.45, 2.75) is 4.90 Å². The number of hydrogen-bond acceptors (Lipinski definition) is 6. The minimum Gasteiger partial charge on any atom is -0.395 e. The second-order valence-electron chi connectivity index (χ2n) is 5.40. The number of amides is 2. The fraction of sp³-hybridized carbons (Fsp3) is 0.125. The molecule has 9 heteroatoms. The number of imide groups is 1. The van der Waals surface area contributed by atoms with Gasteiger partial charge in [-0.25, -0.2) is 0 Å². The maximum atomic E-state index is 12.1. The van der Waals surface area contributed by atoms with E-state index in [-0.39, 0.29) is 23.7 Å². The number of hydrogen-bond donors (Lipinski definition) is 3. The van der Waals surface area contributed by atoms with Crippen molar-refractivity contribution in [3.05, 3.63) is 48.2 Å². The molecule has 0 saturated heterocycles. The van der Waals surface area contributed by atoms with Gasteiger partial charge in [-0.1, -0.05) is 12.1 Å². The van der Waals surface area contributed by atoms with E-state index in [0.717, 1.165) is 11.0 Å². The summed E-state index contributed by atoms with van der Waals surface area (Å²) >= 11 is 0. The van der Waals surface area contributed by atoms with Crippen molar-refractivity contribution in [3.8, 4) is 0 Å². The van der Waals surface area contributed by atoms with Crippen LogP contribution in [0, 0.1) is 0 Å². The molecule has 25 heavy (non-hydrogen) atoms. The molecule has 0 spiro atoms. The van der Waals surface area contributed by atoms with Gasteiger partial charge in [0, 0.05) is 11.8 Å². The van der Waals surface area contributed by atoms with Crippen LogP contribution in [-0.4, -0.2) is 47.9 Å². The average Bonchev–Trinajstić information content (AvgIpc) is 2.81. The molecule has 1 aliphatic rings.